The van der Waals surface area contributed by atoms with Gasteiger partial charge in [0.05, 0.1) is 19.8 Å². The van der Waals surface area contributed by atoms with Crippen LogP contribution >= 0.6 is 0 Å². The molecule has 3 aromatic rings. The van der Waals surface area contributed by atoms with E-state index in [1.54, 1.807) is 0 Å². The average molecular weight is 638 g/mol. The van der Waals surface area contributed by atoms with E-state index in [0.717, 1.165) is 6.42 Å². The van der Waals surface area contributed by atoms with Crippen molar-refractivity contribution < 1.29 is 40.6 Å². The van der Waals surface area contributed by atoms with Crippen molar-refractivity contribution in [3.05, 3.63) is 48.2 Å². The SMILES string of the molecule is COc1ccc(S(=O)(=O)NC(=O)c2ccc(-n3ccc(OCC4(C(F)(F)F)CC4)n3)nc2N2C[C@@H](C)CC2(C)C)c(OC)c1. The van der Waals surface area contributed by atoms with Crippen LogP contribution in [0.1, 0.15) is 50.4 Å². The van der Waals surface area contributed by atoms with Crippen molar-refractivity contribution in [1.82, 2.24) is 19.5 Å². The summed E-state index contributed by atoms with van der Waals surface area (Å²) in [6, 6.07) is 8.46. The van der Waals surface area contributed by atoms with Gasteiger partial charge in [0, 0.05) is 30.4 Å². The molecule has 1 saturated carbocycles. The number of ether oxygens (including phenoxy) is 3. The number of anilines is 1. The summed E-state index contributed by atoms with van der Waals surface area (Å²) in [5, 5.41) is 4.24. The first-order valence-corrected chi connectivity index (χ1v) is 15.4. The molecular formula is C29H34F3N5O6S. The first kappa shape index (κ1) is 31.4. The molecule has 1 atom stereocenters. The molecule has 1 amide bonds. The molecule has 5 rings (SSSR count). The van der Waals surface area contributed by atoms with Crippen LogP contribution in [0.25, 0.3) is 5.82 Å². The Labute approximate surface area is 253 Å². The number of alkyl halides is 3. The Kier molecular flexibility index (Phi) is 7.97. The Balaban J connectivity index is 1.46. The molecule has 15 heteroatoms. The molecule has 0 bridgehead atoms. The van der Waals surface area contributed by atoms with Crippen molar-refractivity contribution in [3.63, 3.8) is 0 Å². The smallest absolute Gasteiger partial charge is 0.397 e. The first-order valence-electron chi connectivity index (χ1n) is 13.9. The van der Waals surface area contributed by atoms with Crippen LogP contribution in [-0.2, 0) is 10.0 Å². The second kappa shape index (κ2) is 11.2. The van der Waals surface area contributed by atoms with Crippen LogP contribution in [0, 0.1) is 11.3 Å². The Hall–Kier alpha value is -4.01. The van der Waals surface area contributed by atoms with E-state index in [4.69, 9.17) is 19.2 Å². The number of sulfonamides is 1. The fourth-order valence-corrected chi connectivity index (χ4v) is 6.64. The molecule has 0 unspecified atom stereocenters. The third-order valence-electron chi connectivity index (χ3n) is 8.07. The van der Waals surface area contributed by atoms with Gasteiger partial charge < -0.3 is 19.1 Å². The average Bonchev–Trinajstić information content (AvgIpc) is 3.53. The lowest BCUT2D eigenvalue weighted by Gasteiger charge is -2.34. The van der Waals surface area contributed by atoms with E-state index >= 15 is 0 Å². The molecule has 2 fully saturated rings. The van der Waals surface area contributed by atoms with Crippen molar-refractivity contribution in [2.45, 2.75) is 56.6 Å². The zero-order valence-corrected chi connectivity index (χ0v) is 25.8. The number of hydrogen-bond acceptors (Lipinski definition) is 9. The van der Waals surface area contributed by atoms with Crippen molar-refractivity contribution in [1.29, 1.82) is 0 Å². The van der Waals surface area contributed by atoms with Crippen LogP contribution in [0.5, 0.6) is 17.4 Å². The standard InChI is InChI=1S/C29H34F3N5O6S/c1-18-15-27(2,3)36(16-18)25-20(26(38)35-44(39,40)22-8-6-19(41-4)14-21(22)42-5)7-9-23(33-25)37-13-10-24(34-37)43-17-28(11-12-28)29(30,31)32/h6-10,13-14,18H,11-12,15-17H2,1-5H3,(H,35,38)/t18-/m0/s1. The highest BCUT2D eigenvalue weighted by atomic mass is 32.2. The maximum Gasteiger partial charge on any atom is 0.397 e. The predicted octanol–water partition coefficient (Wildman–Crippen LogP) is 4.75. The number of pyridine rings is 1. The molecule has 44 heavy (non-hydrogen) atoms. The monoisotopic (exact) mass is 637 g/mol. The van der Waals surface area contributed by atoms with E-state index < -0.39 is 39.7 Å². The molecule has 238 valence electrons. The fourth-order valence-electron chi connectivity index (χ4n) is 5.52. The summed E-state index contributed by atoms with van der Waals surface area (Å²) in [4.78, 5) is 20.0. The van der Waals surface area contributed by atoms with E-state index in [1.165, 1.54) is 61.5 Å². The number of carbonyl (C=O) groups excluding carboxylic acids is 1. The number of nitrogens with zero attached hydrogens (tertiary/aromatic N) is 4. The summed E-state index contributed by atoms with van der Waals surface area (Å²) < 4.78 is 85.8. The van der Waals surface area contributed by atoms with Crippen LogP contribution in [-0.4, -0.2) is 68.2 Å². The molecule has 1 aromatic carbocycles. The lowest BCUT2D eigenvalue weighted by molar-refractivity contribution is -0.194. The summed E-state index contributed by atoms with van der Waals surface area (Å²) in [7, 11) is -1.65. The second-order valence-electron chi connectivity index (χ2n) is 11.9. The number of benzene rings is 1. The molecule has 1 N–H and O–H groups in total. The molecule has 2 aliphatic rings. The van der Waals surface area contributed by atoms with Gasteiger partial charge in [-0.25, -0.2) is 22.8 Å². The fraction of sp³-hybridized carbons (Fsp3) is 0.483. The summed E-state index contributed by atoms with van der Waals surface area (Å²) in [6.07, 6.45) is -2.05. The van der Waals surface area contributed by atoms with Gasteiger partial charge in [-0.1, -0.05) is 6.92 Å². The quantitative estimate of drug-likeness (QED) is 0.335. The number of aromatic nitrogens is 3. The summed E-state index contributed by atoms with van der Waals surface area (Å²) in [6.45, 7) is 6.09. The molecule has 11 nitrogen and oxygen atoms in total. The number of rotatable bonds is 10. The Morgan fingerprint density at radius 2 is 1.84 bits per heavy atom. The first-order chi connectivity index (χ1) is 20.6. The third kappa shape index (κ3) is 6.01. The minimum absolute atomic E-state index is 0.000325. The molecule has 3 heterocycles. The largest absolute Gasteiger partial charge is 0.497 e. The van der Waals surface area contributed by atoms with E-state index in [2.05, 4.69) is 16.7 Å². The Morgan fingerprint density at radius 3 is 2.43 bits per heavy atom. The number of halogens is 3. The molecule has 1 aliphatic heterocycles. The molecule has 1 aliphatic carbocycles. The van der Waals surface area contributed by atoms with Gasteiger partial charge in [-0.2, -0.15) is 13.2 Å². The molecule has 2 aromatic heterocycles. The second-order valence-corrected chi connectivity index (χ2v) is 13.5. The highest BCUT2D eigenvalue weighted by molar-refractivity contribution is 7.90. The van der Waals surface area contributed by atoms with Crippen molar-refractivity contribution in [2.75, 3.05) is 32.3 Å². The van der Waals surface area contributed by atoms with Gasteiger partial charge in [-0.05, 0) is 63.3 Å². The Bertz CT molecular complexity index is 1670. The van der Waals surface area contributed by atoms with Gasteiger partial charge >= 0.3 is 6.18 Å². The van der Waals surface area contributed by atoms with Crippen LogP contribution in [0.15, 0.2) is 47.5 Å². The Morgan fingerprint density at radius 1 is 1.11 bits per heavy atom. The summed E-state index contributed by atoms with van der Waals surface area (Å²) in [5.74, 6) is 0.217. The topological polar surface area (TPSA) is 125 Å². The van der Waals surface area contributed by atoms with Crippen LogP contribution in [0.2, 0.25) is 0 Å². The lowest BCUT2D eigenvalue weighted by atomic mass is 9.97. The van der Waals surface area contributed by atoms with Crippen molar-refractivity contribution in [3.8, 4) is 23.2 Å². The van der Waals surface area contributed by atoms with Crippen LogP contribution in [0.4, 0.5) is 19.0 Å². The number of carbonyl (C=O) groups is 1. The highest BCUT2D eigenvalue weighted by Crippen LogP contribution is 2.57. The molecule has 0 spiro atoms. The van der Waals surface area contributed by atoms with Crippen LogP contribution < -0.4 is 23.8 Å². The number of amides is 1. The van der Waals surface area contributed by atoms with Gasteiger partial charge in [0.2, 0.25) is 5.88 Å². The van der Waals surface area contributed by atoms with Gasteiger partial charge in [0.15, 0.2) is 5.82 Å². The van der Waals surface area contributed by atoms with E-state index in [9.17, 15) is 26.4 Å². The van der Waals surface area contributed by atoms with Gasteiger partial charge in [0.1, 0.15) is 34.2 Å². The summed E-state index contributed by atoms with van der Waals surface area (Å²) in [5.41, 5.74) is -2.26. The predicted molar refractivity (Wildman–Crippen MR) is 154 cm³/mol. The van der Waals surface area contributed by atoms with Gasteiger partial charge in [0.25, 0.3) is 15.9 Å². The molecular weight excluding hydrogens is 603 g/mol. The lowest BCUT2D eigenvalue weighted by Crippen LogP contribution is -2.41. The zero-order valence-electron chi connectivity index (χ0n) is 24.9. The zero-order chi connectivity index (χ0) is 32.1. The van der Waals surface area contributed by atoms with Gasteiger partial charge in [-0.15, -0.1) is 5.10 Å². The molecule has 1 saturated heterocycles. The maximum absolute atomic E-state index is 13.6. The summed E-state index contributed by atoms with van der Waals surface area (Å²) >= 11 is 0. The maximum atomic E-state index is 13.6. The van der Waals surface area contributed by atoms with Crippen molar-refractivity contribution >= 4 is 21.7 Å². The van der Waals surface area contributed by atoms with Gasteiger partial charge in [-0.3, -0.25) is 4.79 Å². The highest BCUT2D eigenvalue weighted by Gasteiger charge is 2.64. The third-order valence-corrected chi connectivity index (χ3v) is 9.44. The normalized spacial score (nSPS) is 19.0. The number of nitrogens with one attached hydrogen (secondary N) is 1. The van der Waals surface area contributed by atoms with E-state index in [1.807, 2.05) is 18.7 Å². The number of methoxy groups -OCH3 is 2. The van der Waals surface area contributed by atoms with E-state index in [-0.39, 0.29) is 52.5 Å². The minimum atomic E-state index is -4.38. The van der Waals surface area contributed by atoms with E-state index in [0.29, 0.717) is 12.3 Å². The van der Waals surface area contributed by atoms with Crippen molar-refractivity contribution in [2.24, 2.45) is 11.3 Å². The molecule has 0 radical (unpaired) electrons. The van der Waals surface area contributed by atoms with Crippen LogP contribution in [0.3, 0.4) is 0 Å². The number of hydrogen-bond donors (Lipinski definition) is 1. The minimum Gasteiger partial charge on any atom is -0.497 e.